The molecular formula is C8H19NOS. The topological polar surface area (TPSA) is 29.1 Å². The molecular weight excluding hydrogens is 158 g/mol. The molecule has 1 atom stereocenters. The molecule has 68 valence electrons. The minimum atomic E-state index is -0.729. The number of hydrogen-bond acceptors (Lipinski definition) is 2. The molecule has 2 nitrogen and oxygen atoms in total. The maximum absolute atomic E-state index is 11.2. The number of nitrogens with one attached hydrogen (secondary N) is 1. The third kappa shape index (κ3) is 6.51. The third-order valence-electron chi connectivity index (χ3n) is 1.27. The van der Waals surface area contributed by atoms with Gasteiger partial charge in [-0.05, 0) is 20.8 Å². The molecule has 0 aromatic rings. The van der Waals surface area contributed by atoms with Crippen molar-refractivity contribution in [1.29, 1.82) is 0 Å². The van der Waals surface area contributed by atoms with Crippen molar-refractivity contribution in [2.24, 2.45) is 0 Å². The molecule has 0 aromatic carbocycles. The van der Waals surface area contributed by atoms with E-state index in [9.17, 15) is 4.21 Å². The Balaban J connectivity index is 3.64. The van der Waals surface area contributed by atoms with Gasteiger partial charge in [-0.1, -0.05) is 13.8 Å². The van der Waals surface area contributed by atoms with Gasteiger partial charge < -0.3 is 5.32 Å². The van der Waals surface area contributed by atoms with Crippen LogP contribution < -0.4 is 5.32 Å². The molecule has 0 aliphatic carbocycles. The van der Waals surface area contributed by atoms with Crippen LogP contribution in [0.3, 0.4) is 0 Å². The molecule has 1 N–H and O–H groups in total. The summed E-state index contributed by atoms with van der Waals surface area (Å²) < 4.78 is 11.2. The van der Waals surface area contributed by atoms with Crippen LogP contribution in [-0.4, -0.2) is 20.9 Å². The lowest BCUT2D eigenvalue weighted by Gasteiger charge is -2.20. The van der Waals surface area contributed by atoms with Gasteiger partial charge in [0.25, 0.3) is 0 Å². The van der Waals surface area contributed by atoms with Crippen molar-refractivity contribution >= 4 is 10.8 Å². The van der Waals surface area contributed by atoms with Gasteiger partial charge in [0.2, 0.25) is 0 Å². The molecule has 1 unspecified atom stereocenters. The van der Waals surface area contributed by atoms with E-state index in [0.29, 0.717) is 5.88 Å². The van der Waals surface area contributed by atoms with Crippen LogP contribution in [0.15, 0.2) is 0 Å². The van der Waals surface area contributed by atoms with Crippen LogP contribution in [0.5, 0.6) is 0 Å². The van der Waals surface area contributed by atoms with E-state index in [2.05, 4.69) is 26.1 Å². The smallest absolute Gasteiger partial charge is 0.0729 e. The third-order valence-corrected chi connectivity index (χ3v) is 2.75. The van der Waals surface area contributed by atoms with Crippen molar-refractivity contribution in [1.82, 2.24) is 5.32 Å². The fraction of sp³-hybridized carbons (Fsp3) is 1.00. The van der Waals surface area contributed by atoms with E-state index in [-0.39, 0.29) is 10.8 Å². The Morgan fingerprint density at radius 1 is 1.36 bits per heavy atom. The summed E-state index contributed by atoms with van der Waals surface area (Å²) in [5.74, 6) is 0.598. The highest BCUT2D eigenvalue weighted by atomic mass is 32.2. The van der Waals surface area contributed by atoms with Crippen LogP contribution in [0.2, 0.25) is 0 Å². The number of hydrogen-bond donors (Lipinski definition) is 1. The van der Waals surface area contributed by atoms with E-state index in [0.717, 1.165) is 0 Å². The van der Waals surface area contributed by atoms with Crippen LogP contribution in [0.1, 0.15) is 34.6 Å². The number of rotatable bonds is 3. The molecule has 0 aliphatic heterocycles. The van der Waals surface area contributed by atoms with Crippen molar-refractivity contribution in [2.45, 2.75) is 45.4 Å². The average Bonchev–Trinajstić information content (AvgIpc) is 1.80. The fourth-order valence-corrected chi connectivity index (χ4v) is 1.36. The molecule has 0 rings (SSSR count). The highest BCUT2D eigenvalue weighted by molar-refractivity contribution is 7.85. The Kier molecular flexibility index (Phi) is 4.26. The van der Waals surface area contributed by atoms with Gasteiger partial charge in [0.05, 0.1) is 5.88 Å². The first-order chi connectivity index (χ1) is 4.83. The second-order valence-corrected chi connectivity index (χ2v) is 5.99. The van der Waals surface area contributed by atoms with Gasteiger partial charge in [-0.3, -0.25) is 4.21 Å². The SMILES string of the molecule is CC(C)S(=O)CNC(C)(C)C. The summed E-state index contributed by atoms with van der Waals surface area (Å²) in [5, 5.41) is 3.46. The maximum Gasteiger partial charge on any atom is 0.0729 e. The minimum Gasteiger partial charge on any atom is -0.301 e. The van der Waals surface area contributed by atoms with Crippen molar-refractivity contribution in [3.63, 3.8) is 0 Å². The van der Waals surface area contributed by atoms with Crippen molar-refractivity contribution in [2.75, 3.05) is 5.88 Å². The van der Waals surface area contributed by atoms with E-state index in [1.54, 1.807) is 0 Å². The van der Waals surface area contributed by atoms with Gasteiger partial charge in [0, 0.05) is 21.6 Å². The van der Waals surface area contributed by atoms with Crippen LogP contribution in [0.25, 0.3) is 0 Å². The lowest BCUT2D eigenvalue weighted by atomic mass is 10.1. The Morgan fingerprint density at radius 2 is 1.82 bits per heavy atom. The quantitative estimate of drug-likeness (QED) is 0.707. The van der Waals surface area contributed by atoms with Crippen molar-refractivity contribution < 1.29 is 4.21 Å². The maximum atomic E-state index is 11.2. The van der Waals surface area contributed by atoms with Gasteiger partial charge in [0.1, 0.15) is 0 Å². The van der Waals surface area contributed by atoms with Gasteiger partial charge in [-0.25, -0.2) is 0 Å². The zero-order valence-electron chi connectivity index (χ0n) is 8.10. The molecule has 0 saturated carbocycles. The molecule has 0 spiro atoms. The first kappa shape index (κ1) is 11.1. The monoisotopic (exact) mass is 177 g/mol. The molecule has 0 aromatic heterocycles. The first-order valence-corrected chi connectivity index (χ1v) is 5.33. The normalized spacial score (nSPS) is 15.5. The molecule has 0 saturated heterocycles. The highest BCUT2D eigenvalue weighted by Gasteiger charge is 2.11. The van der Waals surface area contributed by atoms with Crippen molar-refractivity contribution in [3.05, 3.63) is 0 Å². The van der Waals surface area contributed by atoms with Crippen LogP contribution in [0, 0.1) is 0 Å². The molecule has 0 aliphatic rings. The van der Waals surface area contributed by atoms with Crippen LogP contribution >= 0.6 is 0 Å². The Hall–Kier alpha value is 0.110. The summed E-state index contributed by atoms with van der Waals surface area (Å²) in [4.78, 5) is 0. The van der Waals surface area contributed by atoms with Crippen LogP contribution in [-0.2, 0) is 10.8 Å². The van der Waals surface area contributed by atoms with E-state index in [1.165, 1.54) is 0 Å². The minimum absolute atomic E-state index is 0.0740. The van der Waals surface area contributed by atoms with E-state index < -0.39 is 10.8 Å². The summed E-state index contributed by atoms with van der Waals surface area (Å²) in [7, 11) is -0.729. The average molecular weight is 177 g/mol. The van der Waals surface area contributed by atoms with Gasteiger partial charge >= 0.3 is 0 Å². The predicted octanol–water partition coefficient (Wildman–Crippen LogP) is 1.49. The largest absolute Gasteiger partial charge is 0.301 e. The molecule has 11 heavy (non-hydrogen) atoms. The highest BCUT2D eigenvalue weighted by Crippen LogP contribution is 2.00. The summed E-state index contributed by atoms with van der Waals surface area (Å²) in [6.07, 6.45) is 0. The molecule has 0 fully saturated rings. The second kappa shape index (κ2) is 4.21. The summed E-state index contributed by atoms with van der Waals surface area (Å²) in [6, 6.07) is 0. The van der Waals surface area contributed by atoms with E-state index in [4.69, 9.17) is 0 Å². The van der Waals surface area contributed by atoms with E-state index >= 15 is 0 Å². The lowest BCUT2D eigenvalue weighted by molar-refractivity contribution is 0.457. The predicted molar refractivity (Wildman–Crippen MR) is 51.0 cm³/mol. The summed E-state index contributed by atoms with van der Waals surface area (Å²) in [5.41, 5.74) is 0.0740. The second-order valence-electron chi connectivity index (χ2n) is 4.00. The zero-order valence-corrected chi connectivity index (χ0v) is 8.92. The Morgan fingerprint density at radius 3 is 2.09 bits per heavy atom. The molecule has 3 heteroatoms. The standard InChI is InChI=1S/C8H19NOS/c1-7(2)11(10)6-9-8(3,4)5/h7,9H,6H2,1-5H3. The molecule has 0 bridgehead atoms. The Bertz CT molecular complexity index is 138. The van der Waals surface area contributed by atoms with E-state index in [1.807, 2.05) is 13.8 Å². The first-order valence-electron chi connectivity index (χ1n) is 3.95. The van der Waals surface area contributed by atoms with Crippen LogP contribution in [0.4, 0.5) is 0 Å². The lowest BCUT2D eigenvalue weighted by Crippen LogP contribution is -2.39. The Labute approximate surface area is 72.2 Å². The van der Waals surface area contributed by atoms with Gasteiger partial charge in [-0.2, -0.15) is 0 Å². The molecule has 0 heterocycles. The summed E-state index contributed by atoms with van der Waals surface area (Å²) in [6.45, 7) is 10.2. The van der Waals surface area contributed by atoms with Gasteiger partial charge in [0.15, 0.2) is 0 Å². The molecule has 0 amide bonds. The fourth-order valence-electron chi connectivity index (χ4n) is 0.454. The van der Waals surface area contributed by atoms with Gasteiger partial charge in [-0.15, -0.1) is 0 Å². The van der Waals surface area contributed by atoms with Crippen molar-refractivity contribution in [3.8, 4) is 0 Å². The summed E-state index contributed by atoms with van der Waals surface area (Å²) >= 11 is 0. The zero-order chi connectivity index (χ0) is 9.07. The molecule has 0 radical (unpaired) electrons.